The molecule has 12 heteroatoms. The van der Waals surface area contributed by atoms with E-state index < -0.39 is 33.5 Å². The molecule has 0 spiro atoms. The summed E-state index contributed by atoms with van der Waals surface area (Å²) in [4.78, 5) is 20.6. The zero-order valence-electron chi connectivity index (χ0n) is 18.8. The van der Waals surface area contributed by atoms with Crippen LogP contribution < -0.4 is 5.32 Å². The first-order valence-electron chi connectivity index (χ1n) is 10.9. The van der Waals surface area contributed by atoms with Crippen LogP contribution in [0.4, 0.5) is 13.2 Å². The number of amides is 1. The molecule has 2 atom stereocenters. The predicted molar refractivity (Wildman–Crippen MR) is 126 cm³/mol. The van der Waals surface area contributed by atoms with Gasteiger partial charge in [-0.05, 0) is 55.0 Å². The highest BCUT2D eigenvalue weighted by Crippen LogP contribution is 2.33. The number of aromatic amines is 1. The molecule has 1 aliphatic rings. The molecule has 2 N–H and O–H groups in total. The summed E-state index contributed by atoms with van der Waals surface area (Å²) in [6.07, 6.45) is -2.49. The van der Waals surface area contributed by atoms with Crippen LogP contribution in [0.1, 0.15) is 17.8 Å². The van der Waals surface area contributed by atoms with E-state index in [1.807, 2.05) is 6.26 Å². The van der Waals surface area contributed by atoms with Gasteiger partial charge in [-0.2, -0.15) is 13.2 Å². The molecule has 1 aromatic heterocycles. The molecule has 0 bridgehead atoms. The number of rotatable bonds is 7. The molecule has 1 amide bonds. The van der Waals surface area contributed by atoms with Gasteiger partial charge in [0.15, 0.2) is 9.84 Å². The van der Waals surface area contributed by atoms with Crippen molar-refractivity contribution in [1.82, 2.24) is 15.3 Å². The normalized spacial score (nSPS) is 19.1. The van der Waals surface area contributed by atoms with Gasteiger partial charge in [0.1, 0.15) is 11.3 Å². The van der Waals surface area contributed by atoms with E-state index in [0.29, 0.717) is 13.0 Å². The van der Waals surface area contributed by atoms with Crippen LogP contribution in [-0.4, -0.2) is 55.6 Å². The maximum absolute atomic E-state index is 13.2. The third-order valence-corrected chi connectivity index (χ3v) is 8.49. The van der Waals surface area contributed by atoms with E-state index in [-0.39, 0.29) is 46.5 Å². The molecule has 0 saturated carbocycles. The van der Waals surface area contributed by atoms with Crippen molar-refractivity contribution in [2.24, 2.45) is 5.92 Å². The maximum atomic E-state index is 13.2. The fourth-order valence-electron chi connectivity index (χ4n) is 4.11. The Balaban J connectivity index is 1.45. The Labute approximate surface area is 204 Å². The largest absolute Gasteiger partial charge is 0.418 e. The number of imidazole rings is 1. The van der Waals surface area contributed by atoms with E-state index in [4.69, 9.17) is 4.74 Å². The van der Waals surface area contributed by atoms with E-state index in [1.165, 1.54) is 23.9 Å². The number of thioether (sulfide) groups is 1. The van der Waals surface area contributed by atoms with Crippen molar-refractivity contribution in [3.05, 3.63) is 53.9 Å². The highest BCUT2D eigenvalue weighted by atomic mass is 32.2. The Hall–Kier alpha value is -2.57. The lowest BCUT2D eigenvalue weighted by Gasteiger charge is -2.32. The van der Waals surface area contributed by atoms with E-state index >= 15 is 0 Å². The standard InChI is InChI=1S/C23H24F3N3O4S2/c1-34-15-5-7-16(8-6-15)35(31,32)13-14-9-10-33-12-19(14)28-21(30)11-20-27-18-4-2-3-17(22(18)29-20)23(24,25)26/h2-8,14,19H,9-13H2,1H3,(H,27,29)(H,28,30)/t14-,19?/m0/s1. The van der Waals surface area contributed by atoms with Gasteiger partial charge in [-0.25, -0.2) is 13.4 Å². The summed E-state index contributed by atoms with van der Waals surface area (Å²) < 4.78 is 71.1. The van der Waals surface area contributed by atoms with Gasteiger partial charge in [-0.3, -0.25) is 4.79 Å². The SMILES string of the molecule is CSc1ccc(S(=O)(=O)C[C@@H]2CCOCC2NC(=O)Cc2nc3c(C(F)(F)F)cccc3[nH]2)cc1. The molecule has 1 saturated heterocycles. The van der Waals surface area contributed by atoms with Crippen molar-refractivity contribution >= 4 is 38.5 Å². The van der Waals surface area contributed by atoms with Crippen molar-refractivity contribution in [2.45, 2.75) is 34.9 Å². The summed E-state index contributed by atoms with van der Waals surface area (Å²) in [5.41, 5.74) is -0.949. The fraction of sp³-hybridized carbons (Fsp3) is 0.391. The first-order chi connectivity index (χ1) is 16.6. The van der Waals surface area contributed by atoms with Gasteiger partial charge < -0.3 is 15.0 Å². The number of para-hydroxylation sites is 1. The van der Waals surface area contributed by atoms with Crippen LogP contribution in [0.25, 0.3) is 11.0 Å². The molecule has 1 aliphatic heterocycles. The first kappa shape index (κ1) is 25.5. The first-order valence-corrected chi connectivity index (χ1v) is 13.7. The summed E-state index contributed by atoms with van der Waals surface area (Å²) in [6, 6.07) is 9.76. The van der Waals surface area contributed by atoms with Crippen LogP contribution in [0.2, 0.25) is 0 Å². The second kappa shape index (κ2) is 10.2. The molecule has 188 valence electrons. The minimum Gasteiger partial charge on any atom is -0.379 e. The molecule has 3 aromatic rings. The van der Waals surface area contributed by atoms with E-state index in [1.54, 1.807) is 24.3 Å². The summed E-state index contributed by atoms with van der Waals surface area (Å²) in [5.74, 6) is -0.922. The smallest absolute Gasteiger partial charge is 0.379 e. The number of hydrogen-bond donors (Lipinski definition) is 2. The minimum absolute atomic E-state index is 0.0870. The lowest BCUT2D eigenvalue weighted by molar-refractivity contribution is -0.136. The van der Waals surface area contributed by atoms with Gasteiger partial charge >= 0.3 is 6.18 Å². The molecule has 1 unspecified atom stereocenters. The van der Waals surface area contributed by atoms with E-state index in [9.17, 15) is 26.4 Å². The number of sulfone groups is 1. The monoisotopic (exact) mass is 527 g/mol. The number of aromatic nitrogens is 2. The van der Waals surface area contributed by atoms with Gasteiger partial charge in [0, 0.05) is 11.5 Å². The number of nitrogens with one attached hydrogen (secondary N) is 2. The maximum Gasteiger partial charge on any atom is 0.418 e. The lowest BCUT2D eigenvalue weighted by Crippen LogP contribution is -2.49. The third-order valence-electron chi connectivity index (χ3n) is 5.89. The molecule has 0 radical (unpaired) electrons. The second-order valence-corrected chi connectivity index (χ2v) is 11.2. The fourth-order valence-corrected chi connectivity index (χ4v) is 6.22. The molecular weight excluding hydrogens is 503 g/mol. The van der Waals surface area contributed by atoms with Crippen LogP contribution in [0.3, 0.4) is 0 Å². The number of benzene rings is 2. The zero-order valence-corrected chi connectivity index (χ0v) is 20.4. The molecule has 35 heavy (non-hydrogen) atoms. The van der Waals surface area contributed by atoms with Crippen molar-refractivity contribution in [2.75, 3.05) is 25.2 Å². The average Bonchev–Trinajstić information content (AvgIpc) is 3.21. The van der Waals surface area contributed by atoms with E-state index in [0.717, 1.165) is 11.0 Å². The van der Waals surface area contributed by atoms with Crippen molar-refractivity contribution < 1.29 is 31.1 Å². The van der Waals surface area contributed by atoms with Crippen LogP contribution >= 0.6 is 11.8 Å². The Morgan fingerprint density at radius 2 is 1.97 bits per heavy atom. The molecule has 4 rings (SSSR count). The Morgan fingerprint density at radius 1 is 1.23 bits per heavy atom. The number of carbonyl (C=O) groups is 1. The molecule has 7 nitrogen and oxygen atoms in total. The van der Waals surface area contributed by atoms with Crippen molar-refractivity contribution in [3.8, 4) is 0 Å². The zero-order chi connectivity index (χ0) is 25.2. The Kier molecular flexibility index (Phi) is 7.43. The number of alkyl halides is 3. The minimum atomic E-state index is -4.57. The third kappa shape index (κ3) is 5.99. The number of halogens is 3. The van der Waals surface area contributed by atoms with Gasteiger partial charge in [-0.15, -0.1) is 11.8 Å². The number of ether oxygens (including phenoxy) is 1. The van der Waals surface area contributed by atoms with Crippen molar-refractivity contribution in [1.29, 1.82) is 0 Å². The molecule has 2 heterocycles. The van der Waals surface area contributed by atoms with Crippen LogP contribution in [-0.2, 0) is 32.0 Å². The highest BCUT2D eigenvalue weighted by molar-refractivity contribution is 7.98. The topological polar surface area (TPSA) is 101 Å². The average molecular weight is 528 g/mol. The summed E-state index contributed by atoms with van der Waals surface area (Å²) >= 11 is 1.51. The number of H-pyrrole nitrogens is 1. The number of fused-ring (bicyclic) bond motifs is 1. The van der Waals surface area contributed by atoms with Gasteiger partial charge in [-0.1, -0.05) is 6.07 Å². The summed E-state index contributed by atoms with van der Waals surface area (Å²) in [6.45, 7) is 0.525. The quantitative estimate of drug-likeness (QED) is 0.453. The van der Waals surface area contributed by atoms with Crippen LogP contribution in [0.5, 0.6) is 0 Å². The summed E-state index contributed by atoms with van der Waals surface area (Å²) in [7, 11) is -3.59. The number of carbonyl (C=O) groups excluding carboxylic acids is 1. The van der Waals surface area contributed by atoms with Crippen molar-refractivity contribution in [3.63, 3.8) is 0 Å². The second-order valence-electron chi connectivity index (χ2n) is 8.31. The summed E-state index contributed by atoms with van der Waals surface area (Å²) in [5, 5.41) is 2.78. The predicted octanol–water partition coefficient (Wildman–Crippen LogP) is 3.84. The van der Waals surface area contributed by atoms with Gasteiger partial charge in [0.05, 0.1) is 40.8 Å². The van der Waals surface area contributed by atoms with Crippen LogP contribution in [0.15, 0.2) is 52.3 Å². The number of nitrogens with zero attached hydrogens (tertiary/aromatic N) is 1. The Bertz CT molecular complexity index is 1310. The molecule has 2 aromatic carbocycles. The molecule has 1 fully saturated rings. The highest BCUT2D eigenvalue weighted by Gasteiger charge is 2.34. The number of hydrogen-bond acceptors (Lipinski definition) is 6. The Morgan fingerprint density at radius 3 is 2.66 bits per heavy atom. The van der Waals surface area contributed by atoms with Crippen LogP contribution in [0, 0.1) is 5.92 Å². The van der Waals surface area contributed by atoms with E-state index in [2.05, 4.69) is 15.3 Å². The van der Waals surface area contributed by atoms with Gasteiger partial charge in [0.2, 0.25) is 5.91 Å². The molecule has 0 aliphatic carbocycles. The molecular formula is C23H24F3N3O4S2. The lowest BCUT2D eigenvalue weighted by atomic mass is 9.97. The van der Waals surface area contributed by atoms with Gasteiger partial charge in [0.25, 0.3) is 0 Å².